The minimum absolute atomic E-state index is 0.0678. The number of nitrogens with zero attached hydrogens (tertiary/aromatic N) is 1. The quantitative estimate of drug-likeness (QED) is 0.329. The molecule has 1 unspecified atom stereocenters. The van der Waals surface area contributed by atoms with Crippen LogP contribution in [0.5, 0.6) is 0 Å². The molecule has 1 atom stereocenters. The first-order chi connectivity index (χ1) is 14.9. The second-order valence-electron chi connectivity index (χ2n) is 7.18. The van der Waals surface area contributed by atoms with Crippen molar-refractivity contribution >= 4 is 11.6 Å². The van der Waals surface area contributed by atoms with Crippen molar-refractivity contribution in [2.75, 3.05) is 0 Å². The third-order valence-electron chi connectivity index (χ3n) is 5.03. The summed E-state index contributed by atoms with van der Waals surface area (Å²) >= 11 is 0. The number of aliphatic hydroxyl groups excluding tert-OH is 1. The van der Waals surface area contributed by atoms with Gasteiger partial charge in [0, 0.05) is 11.3 Å². The Morgan fingerprint density at radius 2 is 1.90 bits per heavy atom. The summed E-state index contributed by atoms with van der Waals surface area (Å²) in [7, 11) is 0. The number of amides is 1. The van der Waals surface area contributed by atoms with Gasteiger partial charge in [0.25, 0.3) is 5.91 Å². The first kappa shape index (κ1) is 22.2. The maximum absolute atomic E-state index is 14.0. The Morgan fingerprint density at radius 3 is 2.55 bits per heavy atom. The summed E-state index contributed by atoms with van der Waals surface area (Å²) in [6, 6.07) is 10.4. The van der Waals surface area contributed by atoms with Gasteiger partial charge in [-0.05, 0) is 62.1 Å². The third kappa shape index (κ3) is 5.34. The van der Waals surface area contributed by atoms with E-state index in [0.717, 1.165) is 5.56 Å². The van der Waals surface area contributed by atoms with Crippen LogP contribution in [0.4, 0.5) is 8.78 Å². The van der Waals surface area contributed by atoms with Gasteiger partial charge in [-0.25, -0.2) is 8.78 Å². The van der Waals surface area contributed by atoms with E-state index in [2.05, 4.69) is 16.9 Å². The number of benzene rings is 2. The zero-order valence-corrected chi connectivity index (χ0v) is 17.2. The average molecular weight is 422 g/mol. The van der Waals surface area contributed by atoms with Crippen molar-refractivity contribution in [1.82, 2.24) is 5.32 Å². The zero-order chi connectivity index (χ0) is 22.4. The average Bonchev–Trinajstić information content (AvgIpc) is 3.23. The summed E-state index contributed by atoms with van der Waals surface area (Å²) in [5, 5.41) is 12.5. The first-order valence-corrected chi connectivity index (χ1v) is 10.0. The summed E-state index contributed by atoms with van der Waals surface area (Å²) in [6.07, 6.45) is 6.92. The number of allylic oxidation sites excluding steroid dienone is 3. The first-order valence-electron chi connectivity index (χ1n) is 10.0. The summed E-state index contributed by atoms with van der Waals surface area (Å²) in [5.74, 6) is -1.72. The molecule has 0 aliphatic carbocycles. The van der Waals surface area contributed by atoms with Crippen molar-refractivity contribution in [1.29, 1.82) is 0 Å². The lowest BCUT2D eigenvalue weighted by Gasteiger charge is -2.10. The predicted molar refractivity (Wildman–Crippen MR) is 118 cm³/mol. The van der Waals surface area contributed by atoms with Crippen molar-refractivity contribution < 1.29 is 18.7 Å². The second-order valence-corrected chi connectivity index (χ2v) is 7.18. The number of halogens is 2. The van der Waals surface area contributed by atoms with E-state index in [-0.39, 0.29) is 23.1 Å². The van der Waals surface area contributed by atoms with Gasteiger partial charge in [0.15, 0.2) is 0 Å². The van der Waals surface area contributed by atoms with Gasteiger partial charge in [-0.2, -0.15) is 0 Å². The summed E-state index contributed by atoms with van der Waals surface area (Å²) in [6.45, 7) is 5.55. The minimum atomic E-state index is -0.616. The van der Waals surface area contributed by atoms with Crippen LogP contribution in [0, 0.1) is 11.6 Å². The van der Waals surface area contributed by atoms with E-state index in [4.69, 9.17) is 0 Å². The molecule has 31 heavy (non-hydrogen) atoms. The van der Waals surface area contributed by atoms with E-state index >= 15 is 0 Å². The van der Waals surface area contributed by atoms with Gasteiger partial charge in [-0.15, -0.1) is 0 Å². The molecule has 0 saturated heterocycles. The largest absolute Gasteiger partial charge is 0.506 e. The van der Waals surface area contributed by atoms with Gasteiger partial charge in [-0.3, -0.25) is 9.79 Å². The van der Waals surface area contributed by atoms with Crippen molar-refractivity contribution in [3.05, 3.63) is 107 Å². The third-order valence-corrected chi connectivity index (χ3v) is 5.03. The van der Waals surface area contributed by atoms with Crippen LogP contribution in [-0.4, -0.2) is 16.7 Å². The molecule has 2 aromatic carbocycles. The van der Waals surface area contributed by atoms with Gasteiger partial charge in [-0.1, -0.05) is 36.9 Å². The fourth-order valence-electron chi connectivity index (χ4n) is 3.36. The summed E-state index contributed by atoms with van der Waals surface area (Å²) < 4.78 is 28.0. The van der Waals surface area contributed by atoms with Gasteiger partial charge < -0.3 is 10.4 Å². The van der Waals surface area contributed by atoms with E-state index in [1.165, 1.54) is 18.2 Å². The number of aliphatic imine (C=N–C) groups is 1. The molecule has 6 heteroatoms. The summed E-state index contributed by atoms with van der Waals surface area (Å²) in [5.41, 5.74) is 1.72. The van der Waals surface area contributed by atoms with Crippen LogP contribution >= 0.6 is 0 Å². The van der Waals surface area contributed by atoms with Crippen LogP contribution in [0.15, 0.2) is 83.7 Å². The normalized spacial score (nSPS) is 16.4. The lowest BCUT2D eigenvalue weighted by atomic mass is 10.0. The van der Waals surface area contributed by atoms with Crippen LogP contribution < -0.4 is 5.32 Å². The Balaban J connectivity index is 1.68. The number of hydrogen-bond donors (Lipinski definition) is 2. The van der Waals surface area contributed by atoms with E-state index in [1.54, 1.807) is 30.3 Å². The Kier molecular flexibility index (Phi) is 7.13. The van der Waals surface area contributed by atoms with Crippen molar-refractivity contribution in [2.45, 2.75) is 32.2 Å². The van der Waals surface area contributed by atoms with E-state index in [0.29, 0.717) is 30.5 Å². The Bertz CT molecular complexity index is 1050. The maximum atomic E-state index is 14.0. The van der Waals surface area contributed by atoms with Gasteiger partial charge in [0.2, 0.25) is 0 Å². The van der Waals surface area contributed by atoms with Crippen LogP contribution in [0.3, 0.4) is 0 Å². The smallest absolute Gasteiger partial charge is 0.255 e. The number of nitrogens with one attached hydrogen (secondary N) is 1. The fraction of sp³-hybridized carbons (Fsp3) is 0.200. The molecule has 0 aromatic heterocycles. The van der Waals surface area contributed by atoms with E-state index in [9.17, 15) is 18.7 Å². The number of carbonyl (C=O) groups is 1. The molecule has 0 bridgehead atoms. The van der Waals surface area contributed by atoms with Crippen LogP contribution in [0.1, 0.15) is 53.7 Å². The van der Waals surface area contributed by atoms with Crippen LogP contribution in [0.2, 0.25) is 0 Å². The number of aliphatic hydroxyl groups is 1. The molecular formula is C25H24F2N2O2. The molecule has 0 spiro atoms. The highest BCUT2D eigenvalue weighted by Gasteiger charge is 2.24. The Morgan fingerprint density at radius 1 is 1.23 bits per heavy atom. The molecule has 3 rings (SSSR count). The van der Waals surface area contributed by atoms with Crippen molar-refractivity contribution in [3.63, 3.8) is 0 Å². The van der Waals surface area contributed by atoms with Crippen molar-refractivity contribution in [3.8, 4) is 0 Å². The standard InChI is InChI=1S/C25H24F2N2O2/c1-3-4-5-9-23(30)16(2)28-25(31)18-12-10-17(11-13-18)21-14-15-22(29-21)24-19(26)7-6-8-20(24)27/h3-4,6-13,21,30H,2,5,14-15H2,1H3,(H,28,31)/b4-3-,23-9+. The highest BCUT2D eigenvalue weighted by atomic mass is 19.1. The molecule has 0 fully saturated rings. The lowest BCUT2D eigenvalue weighted by Crippen LogP contribution is -2.23. The van der Waals surface area contributed by atoms with Crippen LogP contribution in [0.25, 0.3) is 0 Å². The summed E-state index contributed by atoms with van der Waals surface area (Å²) in [4.78, 5) is 16.9. The van der Waals surface area contributed by atoms with E-state index in [1.807, 2.05) is 19.1 Å². The highest BCUT2D eigenvalue weighted by Crippen LogP contribution is 2.32. The Labute approximate surface area is 180 Å². The molecule has 2 aromatic rings. The monoisotopic (exact) mass is 422 g/mol. The number of carbonyl (C=O) groups excluding carboxylic acids is 1. The second kappa shape index (κ2) is 9.98. The highest BCUT2D eigenvalue weighted by molar-refractivity contribution is 6.02. The molecule has 1 heterocycles. The van der Waals surface area contributed by atoms with Gasteiger partial charge >= 0.3 is 0 Å². The molecule has 1 aliphatic heterocycles. The molecule has 1 amide bonds. The number of hydrogen-bond acceptors (Lipinski definition) is 3. The molecule has 0 saturated carbocycles. The van der Waals surface area contributed by atoms with Gasteiger partial charge in [0.1, 0.15) is 17.4 Å². The SMILES string of the molecule is C=C(NC(=O)c1ccc(C2CCC(c3c(F)cccc3F)=N2)cc1)/C(O)=C\C/C=C\C. The lowest BCUT2D eigenvalue weighted by molar-refractivity contribution is 0.0964. The molecule has 1 aliphatic rings. The molecule has 160 valence electrons. The minimum Gasteiger partial charge on any atom is -0.506 e. The molecule has 0 radical (unpaired) electrons. The zero-order valence-electron chi connectivity index (χ0n) is 17.2. The van der Waals surface area contributed by atoms with Gasteiger partial charge in [0.05, 0.1) is 17.3 Å². The van der Waals surface area contributed by atoms with E-state index < -0.39 is 17.5 Å². The molecule has 2 N–H and O–H groups in total. The molecule has 4 nitrogen and oxygen atoms in total. The maximum Gasteiger partial charge on any atom is 0.255 e. The van der Waals surface area contributed by atoms with Crippen molar-refractivity contribution in [2.24, 2.45) is 4.99 Å². The Hall–Kier alpha value is -3.54. The predicted octanol–water partition coefficient (Wildman–Crippen LogP) is 5.94. The number of rotatable bonds is 7. The van der Waals surface area contributed by atoms with Crippen LogP contribution in [-0.2, 0) is 0 Å². The topological polar surface area (TPSA) is 61.7 Å². The molecular weight excluding hydrogens is 398 g/mol. The fourth-order valence-corrected chi connectivity index (χ4v) is 3.36.